The van der Waals surface area contributed by atoms with E-state index in [0.29, 0.717) is 0 Å². The number of ether oxygens (including phenoxy) is 1. The largest absolute Gasteiger partial charge is 0.458 e. The molecule has 63 valence electrons. The molecule has 0 aliphatic carbocycles. The molecule has 0 saturated carbocycles. The van der Waals surface area contributed by atoms with Crippen LogP contribution >= 0.6 is 0 Å². The number of benzene rings is 1. The molecule has 0 saturated heterocycles. The lowest BCUT2D eigenvalue weighted by molar-refractivity contribution is -0.142. The van der Waals surface area contributed by atoms with Crippen molar-refractivity contribution in [2.75, 3.05) is 0 Å². The third-order valence-electron chi connectivity index (χ3n) is 1.58. The quantitative estimate of drug-likeness (QED) is 0.624. The van der Waals surface area contributed by atoms with Gasteiger partial charge >= 0.3 is 5.97 Å². The Balaban J connectivity index is 2.65. The summed E-state index contributed by atoms with van der Waals surface area (Å²) >= 11 is 0. The van der Waals surface area contributed by atoms with E-state index in [-0.39, 0.29) is 6.10 Å². The highest BCUT2D eigenvalue weighted by molar-refractivity contribution is 5.74. The molecule has 0 bridgehead atoms. The molecule has 2 heteroatoms. The third-order valence-corrected chi connectivity index (χ3v) is 1.58. The molecule has 1 aromatic carbocycles. The summed E-state index contributed by atoms with van der Waals surface area (Å²) in [5.41, 5.74) is 0.981. The van der Waals surface area contributed by atoms with Gasteiger partial charge in [0.05, 0.1) is 6.92 Å². The van der Waals surface area contributed by atoms with Crippen LogP contribution in [0.1, 0.15) is 18.6 Å². The summed E-state index contributed by atoms with van der Waals surface area (Å²) < 4.78 is 4.89. The van der Waals surface area contributed by atoms with E-state index in [9.17, 15) is 4.79 Å². The second-order valence-corrected chi connectivity index (χ2v) is 2.54. The summed E-state index contributed by atoms with van der Waals surface area (Å²) in [6.45, 7) is 4.96. The van der Waals surface area contributed by atoms with E-state index in [2.05, 4.69) is 6.92 Å². The Bertz CT molecular complexity index is 254. The zero-order valence-corrected chi connectivity index (χ0v) is 6.99. The monoisotopic (exact) mass is 163 g/mol. The molecule has 0 fully saturated rings. The van der Waals surface area contributed by atoms with Gasteiger partial charge in [-0.25, -0.2) is 0 Å². The molecule has 0 aliphatic rings. The summed E-state index contributed by atoms with van der Waals surface area (Å²) in [5.74, 6) is -0.494. The fraction of sp³-hybridized carbons (Fsp3) is 0.200. The lowest BCUT2D eigenvalue weighted by atomic mass is 10.1. The SMILES string of the molecule is [CH2]C(=O)OC(C)c1ccccc1. The van der Waals surface area contributed by atoms with Crippen molar-refractivity contribution in [2.45, 2.75) is 13.0 Å². The first-order chi connectivity index (χ1) is 5.70. The van der Waals surface area contributed by atoms with Gasteiger partial charge in [0.1, 0.15) is 6.10 Å². The van der Waals surface area contributed by atoms with E-state index >= 15 is 0 Å². The fourth-order valence-electron chi connectivity index (χ4n) is 0.989. The lowest BCUT2D eigenvalue weighted by Gasteiger charge is -2.10. The highest BCUT2D eigenvalue weighted by Gasteiger charge is 2.06. The topological polar surface area (TPSA) is 26.3 Å². The van der Waals surface area contributed by atoms with Crippen molar-refractivity contribution in [1.82, 2.24) is 0 Å². The lowest BCUT2D eigenvalue weighted by Crippen LogP contribution is -2.04. The van der Waals surface area contributed by atoms with Crippen molar-refractivity contribution in [2.24, 2.45) is 0 Å². The standard InChI is InChI=1S/C10H11O2/c1-8(12-9(2)11)10-6-4-3-5-7-10/h3-8H,2H2,1H3. The first-order valence-electron chi connectivity index (χ1n) is 3.77. The molecule has 0 aliphatic heterocycles. The van der Waals surface area contributed by atoms with Crippen molar-refractivity contribution >= 4 is 5.97 Å². The van der Waals surface area contributed by atoms with Crippen LogP contribution in [0.2, 0.25) is 0 Å². The number of carbonyl (C=O) groups excluding carboxylic acids is 1. The van der Waals surface area contributed by atoms with Gasteiger partial charge in [-0.2, -0.15) is 0 Å². The number of hydrogen-bond donors (Lipinski definition) is 0. The highest BCUT2D eigenvalue weighted by Crippen LogP contribution is 2.15. The van der Waals surface area contributed by atoms with Crippen molar-refractivity contribution in [3.05, 3.63) is 42.8 Å². The number of carbonyl (C=O) groups is 1. The Labute approximate surface area is 72.2 Å². The Morgan fingerprint density at radius 1 is 1.42 bits per heavy atom. The maximum atomic E-state index is 10.5. The van der Waals surface area contributed by atoms with Gasteiger partial charge in [0.25, 0.3) is 0 Å². The maximum absolute atomic E-state index is 10.5. The van der Waals surface area contributed by atoms with Gasteiger partial charge in [0.15, 0.2) is 0 Å². The average Bonchev–Trinajstić information content (AvgIpc) is 2.05. The normalized spacial score (nSPS) is 12.2. The van der Waals surface area contributed by atoms with Crippen LogP contribution in [-0.4, -0.2) is 5.97 Å². The minimum atomic E-state index is -0.494. The van der Waals surface area contributed by atoms with Crippen LogP contribution in [0.4, 0.5) is 0 Å². The van der Waals surface area contributed by atoms with Gasteiger partial charge in [0, 0.05) is 0 Å². The molecule has 1 rings (SSSR count). The van der Waals surface area contributed by atoms with Gasteiger partial charge in [0.2, 0.25) is 0 Å². The van der Waals surface area contributed by atoms with E-state index in [4.69, 9.17) is 4.74 Å². The molecular formula is C10H11O2. The van der Waals surface area contributed by atoms with E-state index < -0.39 is 5.97 Å². The smallest absolute Gasteiger partial charge is 0.306 e. The first kappa shape index (κ1) is 8.78. The number of rotatable bonds is 2. The highest BCUT2D eigenvalue weighted by atomic mass is 16.5. The molecule has 1 atom stereocenters. The summed E-state index contributed by atoms with van der Waals surface area (Å²) in [7, 11) is 0. The predicted molar refractivity (Wildman–Crippen MR) is 46.3 cm³/mol. The Hall–Kier alpha value is -1.31. The van der Waals surface area contributed by atoms with Crippen LogP contribution < -0.4 is 0 Å². The predicted octanol–water partition coefficient (Wildman–Crippen LogP) is 2.12. The van der Waals surface area contributed by atoms with Crippen molar-refractivity contribution in [3.8, 4) is 0 Å². The molecule has 0 N–H and O–H groups in total. The van der Waals surface area contributed by atoms with Gasteiger partial charge in [-0.05, 0) is 12.5 Å². The molecule has 1 unspecified atom stereocenters. The maximum Gasteiger partial charge on any atom is 0.306 e. The van der Waals surface area contributed by atoms with Gasteiger partial charge < -0.3 is 4.74 Å². The van der Waals surface area contributed by atoms with E-state index in [1.807, 2.05) is 37.3 Å². The van der Waals surface area contributed by atoms with Crippen LogP contribution in [0.5, 0.6) is 0 Å². The summed E-state index contributed by atoms with van der Waals surface area (Å²) in [4.78, 5) is 10.5. The second kappa shape index (κ2) is 3.90. The second-order valence-electron chi connectivity index (χ2n) is 2.54. The third kappa shape index (κ3) is 2.38. The minimum Gasteiger partial charge on any atom is -0.458 e. The first-order valence-corrected chi connectivity index (χ1v) is 3.77. The Morgan fingerprint density at radius 3 is 2.50 bits per heavy atom. The fourth-order valence-corrected chi connectivity index (χ4v) is 0.989. The molecule has 12 heavy (non-hydrogen) atoms. The summed E-state index contributed by atoms with van der Waals surface area (Å²) in [6.07, 6.45) is -0.212. The molecule has 0 spiro atoms. The number of esters is 1. The molecule has 0 aromatic heterocycles. The molecule has 1 radical (unpaired) electrons. The van der Waals surface area contributed by atoms with Crippen molar-refractivity contribution in [3.63, 3.8) is 0 Å². The minimum absolute atomic E-state index is 0.212. The van der Waals surface area contributed by atoms with E-state index in [1.165, 1.54) is 0 Å². The zero-order valence-electron chi connectivity index (χ0n) is 6.99. The number of hydrogen-bond acceptors (Lipinski definition) is 2. The van der Waals surface area contributed by atoms with Crippen LogP contribution in [0.25, 0.3) is 0 Å². The Morgan fingerprint density at radius 2 is 2.00 bits per heavy atom. The van der Waals surface area contributed by atoms with Crippen molar-refractivity contribution < 1.29 is 9.53 Å². The molecule has 2 nitrogen and oxygen atoms in total. The van der Waals surface area contributed by atoms with Gasteiger partial charge in [-0.1, -0.05) is 30.3 Å². The van der Waals surface area contributed by atoms with Crippen LogP contribution in [0.15, 0.2) is 30.3 Å². The van der Waals surface area contributed by atoms with Crippen LogP contribution in [-0.2, 0) is 9.53 Å². The molecule has 0 heterocycles. The van der Waals surface area contributed by atoms with E-state index in [1.54, 1.807) is 0 Å². The Kier molecular flexibility index (Phi) is 2.86. The molecule has 0 amide bonds. The summed E-state index contributed by atoms with van der Waals surface area (Å²) in [6, 6.07) is 9.55. The van der Waals surface area contributed by atoms with E-state index in [0.717, 1.165) is 5.56 Å². The summed E-state index contributed by atoms with van der Waals surface area (Å²) in [5, 5.41) is 0. The van der Waals surface area contributed by atoms with Gasteiger partial charge in [-0.3, -0.25) is 4.79 Å². The zero-order chi connectivity index (χ0) is 8.97. The molecule has 1 aromatic rings. The van der Waals surface area contributed by atoms with Crippen LogP contribution in [0.3, 0.4) is 0 Å². The average molecular weight is 163 g/mol. The van der Waals surface area contributed by atoms with Crippen molar-refractivity contribution in [1.29, 1.82) is 0 Å². The van der Waals surface area contributed by atoms with Crippen LogP contribution in [0, 0.1) is 6.92 Å². The molecular weight excluding hydrogens is 152 g/mol. The van der Waals surface area contributed by atoms with Gasteiger partial charge in [-0.15, -0.1) is 0 Å².